The maximum Gasteiger partial charge on any atom is 0.253 e. The van der Waals surface area contributed by atoms with E-state index >= 15 is 0 Å². The summed E-state index contributed by atoms with van der Waals surface area (Å²) in [4.78, 5) is 14.6. The van der Waals surface area contributed by atoms with Crippen molar-refractivity contribution in [2.45, 2.75) is 40.0 Å². The van der Waals surface area contributed by atoms with E-state index in [-0.39, 0.29) is 5.91 Å². The van der Waals surface area contributed by atoms with Gasteiger partial charge >= 0.3 is 0 Å². The van der Waals surface area contributed by atoms with Crippen LogP contribution in [-0.2, 0) is 0 Å². The van der Waals surface area contributed by atoms with Crippen LogP contribution in [-0.4, -0.2) is 23.9 Å². The van der Waals surface area contributed by atoms with Gasteiger partial charge in [0.05, 0.1) is 5.69 Å². The number of hydrogen-bond donors (Lipinski definition) is 2. The minimum atomic E-state index is 0.134. The van der Waals surface area contributed by atoms with Crippen LogP contribution in [0.15, 0.2) is 18.2 Å². The molecule has 0 unspecified atom stereocenters. The van der Waals surface area contributed by atoms with Crippen LogP contribution in [0.1, 0.15) is 49.0 Å². The van der Waals surface area contributed by atoms with Crippen molar-refractivity contribution in [2.24, 2.45) is 11.3 Å². The summed E-state index contributed by atoms with van der Waals surface area (Å²) in [5.74, 6) is 5.56. The zero-order valence-corrected chi connectivity index (χ0v) is 12.7. The molecule has 1 aromatic rings. The lowest BCUT2D eigenvalue weighted by Crippen LogP contribution is -2.32. The van der Waals surface area contributed by atoms with Gasteiger partial charge in [-0.15, -0.1) is 0 Å². The average Bonchev–Trinajstić information content (AvgIpc) is 2.59. The molecule has 1 fully saturated rings. The molecule has 1 heterocycles. The number of anilines is 1. The van der Waals surface area contributed by atoms with Crippen LogP contribution in [0.3, 0.4) is 0 Å². The number of nitrogens with one attached hydrogen (secondary N) is 1. The second-order valence-electron chi connectivity index (χ2n) is 6.48. The Hall–Kier alpha value is -1.55. The quantitative estimate of drug-likeness (QED) is 0.644. The fourth-order valence-corrected chi connectivity index (χ4v) is 2.77. The highest BCUT2D eigenvalue weighted by molar-refractivity contribution is 5.95. The van der Waals surface area contributed by atoms with E-state index in [0.29, 0.717) is 5.41 Å². The van der Waals surface area contributed by atoms with Gasteiger partial charge in [-0.05, 0) is 55.4 Å². The second kappa shape index (κ2) is 5.83. The summed E-state index contributed by atoms with van der Waals surface area (Å²) in [5, 5.41) is 0. The predicted octanol–water partition coefficient (Wildman–Crippen LogP) is 2.93. The smallest absolute Gasteiger partial charge is 0.253 e. The van der Waals surface area contributed by atoms with Crippen LogP contribution >= 0.6 is 0 Å². The van der Waals surface area contributed by atoms with Gasteiger partial charge in [-0.1, -0.05) is 13.8 Å². The molecule has 20 heavy (non-hydrogen) atoms. The molecule has 3 N–H and O–H groups in total. The molecular weight excluding hydrogens is 250 g/mol. The van der Waals surface area contributed by atoms with Crippen molar-refractivity contribution < 1.29 is 4.79 Å². The number of carbonyl (C=O) groups is 1. The number of carbonyl (C=O) groups excluding carboxylic acids is 1. The molecule has 2 rings (SSSR count). The minimum Gasteiger partial charge on any atom is -0.339 e. The summed E-state index contributed by atoms with van der Waals surface area (Å²) in [7, 11) is 0. The van der Waals surface area contributed by atoms with Gasteiger partial charge in [0.25, 0.3) is 5.91 Å². The van der Waals surface area contributed by atoms with Crippen LogP contribution in [0, 0.1) is 12.3 Å². The number of rotatable bonds is 2. The lowest BCUT2D eigenvalue weighted by atomic mass is 9.85. The van der Waals surface area contributed by atoms with E-state index in [0.717, 1.165) is 42.7 Å². The fraction of sp³-hybridized carbons (Fsp3) is 0.562. The van der Waals surface area contributed by atoms with Crippen LogP contribution in [0.4, 0.5) is 5.69 Å². The molecule has 1 saturated heterocycles. The van der Waals surface area contributed by atoms with Gasteiger partial charge in [-0.25, -0.2) is 0 Å². The lowest BCUT2D eigenvalue weighted by Gasteiger charge is -2.23. The number of nitrogens with two attached hydrogens (primary N) is 1. The van der Waals surface area contributed by atoms with Gasteiger partial charge in [0.2, 0.25) is 0 Å². The molecule has 0 saturated carbocycles. The fourth-order valence-electron chi connectivity index (χ4n) is 2.77. The van der Waals surface area contributed by atoms with Gasteiger partial charge in [0.15, 0.2) is 0 Å². The van der Waals surface area contributed by atoms with Crippen molar-refractivity contribution in [3.8, 4) is 0 Å². The van der Waals surface area contributed by atoms with Crippen molar-refractivity contribution >= 4 is 11.6 Å². The van der Waals surface area contributed by atoms with Crippen molar-refractivity contribution in [1.82, 2.24) is 4.90 Å². The molecule has 0 aromatic heterocycles. The number of hydrogen-bond acceptors (Lipinski definition) is 3. The molecule has 1 amide bonds. The summed E-state index contributed by atoms with van der Waals surface area (Å²) in [5.41, 5.74) is 5.59. The largest absolute Gasteiger partial charge is 0.339 e. The topological polar surface area (TPSA) is 58.4 Å². The van der Waals surface area contributed by atoms with Crippen LogP contribution in [0.25, 0.3) is 0 Å². The number of amides is 1. The molecule has 1 aromatic carbocycles. The molecule has 0 aliphatic carbocycles. The SMILES string of the molecule is Cc1cc(C(=O)N2CCCC(C)(C)CC2)ccc1NN. The molecule has 4 heteroatoms. The van der Waals surface area contributed by atoms with E-state index in [2.05, 4.69) is 19.3 Å². The summed E-state index contributed by atoms with van der Waals surface area (Å²) in [6.45, 7) is 8.23. The Labute approximate surface area is 121 Å². The Morgan fingerprint density at radius 1 is 1.30 bits per heavy atom. The number of nitrogen functional groups attached to an aromatic ring is 1. The first kappa shape index (κ1) is 14.9. The Morgan fingerprint density at radius 3 is 2.70 bits per heavy atom. The van der Waals surface area contributed by atoms with Crippen LogP contribution in [0.2, 0.25) is 0 Å². The van der Waals surface area contributed by atoms with Gasteiger partial charge in [0, 0.05) is 18.7 Å². The molecule has 0 atom stereocenters. The van der Waals surface area contributed by atoms with Crippen molar-refractivity contribution in [3.05, 3.63) is 29.3 Å². The molecular formula is C16H25N3O. The highest BCUT2D eigenvalue weighted by atomic mass is 16.2. The van der Waals surface area contributed by atoms with E-state index in [1.807, 2.05) is 30.0 Å². The molecule has 110 valence electrons. The minimum absolute atomic E-state index is 0.134. The molecule has 0 spiro atoms. The number of benzene rings is 1. The van der Waals surface area contributed by atoms with E-state index in [9.17, 15) is 4.79 Å². The zero-order chi connectivity index (χ0) is 14.8. The maximum atomic E-state index is 12.6. The van der Waals surface area contributed by atoms with E-state index in [1.54, 1.807) is 0 Å². The summed E-state index contributed by atoms with van der Waals surface area (Å²) in [6.07, 6.45) is 3.34. The third-order valence-corrected chi connectivity index (χ3v) is 4.26. The van der Waals surface area contributed by atoms with Crippen molar-refractivity contribution in [2.75, 3.05) is 18.5 Å². The van der Waals surface area contributed by atoms with Gasteiger partial charge in [0.1, 0.15) is 0 Å². The van der Waals surface area contributed by atoms with E-state index in [1.165, 1.54) is 6.42 Å². The van der Waals surface area contributed by atoms with Crippen LogP contribution < -0.4 is 11.3 Å². The second-order valence-corrected chi connectivity index (χ2v) is 6.48. The first-order valence-electron chi connectivity index (χ1n) is 7.29. The maximum absolute atomic E-state index is 12.6. The Bertz CT molecular complexity index is 496. The molecule has 1 aliphatic heterocycles. The number of hydrazine groups is 1. The zero-order valence-electron chi connectivity index (χ0n) is 12.7. The van der Waals surface area contributed by atoms with E-state index < -0.39 is 0 Å². The number of aryl methyl sites for hydroxylation is 1. The normalized spacial score (nSPS) is 18.5. The van der Waals surface area contributed by atoms with Crippen molar-refractivity contribution in [3.63, 3.8) is 0 Å². The Kier molecular flexibility index (Phi) is 4.33. The lowest BCUT2D eigenvalue weighted by molar-refractivity contribution is 0.0757. The van der Waals surface area contributed by atoms with E-state index in [4.69, 9.17) is 5.84 Å². The van der Waals surface area contributed by atoms with Crippen molar-refractivity contribution in [1.29, 1.82) is 0 Å². The predicted molar refractivity (Wildman–Crippen MR) is 82.5 cm³/mol. The Balaban J connectivity index is 2.13. The standard InChI is InChI=1S/C16H25N3O/c1-12-11-13(5-6-14(12)18-17)15(20)19-9-4-7-16(2,3)8-10-19/h5-6,11,18H,4,7-10,17H2,1-3H3. The highest BCUT2D eigenvalue weighted by Gasteiger charge is 2.25. The van der Waals surface area contributed by atoms with Gasteiger partial charge in [-0.2, -0.15) is 0 Å². The molecule has 1 aliphatic rings. The first-order chi connectivity index (χ1) is 9.43. The van der Waals surface area contributed by atoms with Crippen LogP contribution in [0.5, 0.6) is 0 Å². The highest BCUT2D eigenvalue weighted by Crippen LogP contribution is 2.30. The molecule has 0 radical (unpaired) electrons. The first-order valence-corrected chi connectivity index (χ1v) is 7.29. The summed E-state index contributed by atoms with van der Waals surface area (Å²) in [6, 6.07) is 5.62. The third kappa shape index (κ3) is 3.31. The monoisotopic (exact) mass is 275 g/mol. The number of nitrogens with zero attached hydrogens (tertiary/aromatic N) is 1. The third-order valence-electron chi connectivity index (χ3n) is 4.26. The van der Waals surface area contributed by atoms with Gasteiger partial charge in [-0.3, -0.25) is 10.6 Å². The average molecular weight is 275 g/mol. The number of likely N-dealkylation sites (tertiary alicyclic amines) is 1. The van der Waals surface area contributed by atoms with Gasteiger partial charge < -0.3 is 10.3 Å². The molecule has 4 nitrogen and oxygen atoms in total. The summed E-state index contributed by atoms with van der Waals surface area (Å²) >= 11 is 0. The Morgan fingerprint density at radius 2 is 2.05 bits per heavy atom. The molecule has 0 bridgehead atoms. The summed E-state index contributed by atoms with van der Waals surface area (Å²) < 4.78 is 0.